The quantitative estimate of drug-likeness (QED) is 0.663. The molecular formula is C17H15Cl2N5O3. The Morgan fingerprint density at radius 3 is 2.74 bits per heavy atom. The van der Waals surface area contributed by atoms with Crippen molar-refractivity contribution in [1.29, 1.82) is 0 Å². The van der Waals surface area contributed by atoms with Crippen LogP contribution in [0.2, 0.25) is 10.0 Å². The second-order valence-electron chi connectivity index (χ2n) is 6.37. The van der Waals surface area contributed by atoms with E-state index in [0.29, 0.717) is 39.9 Å². The summed E-state index contributed by atoms with van der Waals surface area (Å²) in [6.45, 7) is 0.363. The van der Waals surface area contributed by atoms with Crippen molar-refractivity contribution < 1.29 is 4.84 Å². The van der Waals surface area contributed by atoms with Crippen LogP contribution in [-0.4, -0.2) is 30.5 Å². The molecule has 140 valence electrons. The molecule has 10 heteroatoms. The highest BCUT2D eigenvalue weighted by atomic mass is 35.5. The first-order valence-corrected chi connectivity index (χ1v) is 8.91. The largest absolute Gasteiger partial charge is 0.390 e. The fourth-order valence-corrected chi connectivity index (χ4v) is 3.68. The van der Waals surface area contributed by atoms with Crippen molar-refractivity contribution in [3.8, 4) is 0 Å². The zero-order chi connectivity index (χ0) is 19.3. The molecule has 8 nitrogen and oxygen atoms in total. The Bertz CT molecular complexity index is 1210. The van der Waals surface area contributed by atoms with E-state index in [4.69, 9.17) is 28.0 Å². The molecule has 0 fully saturated rings. The highest BCUT2D eigenvalue weighted by Gasteiger charge is 2.25. The number of nitrogens with zero attached hydrogens (tertiary/aromatic N) is 5. The molecule has 1 aromatic carbocycles. The summed E-state index contributed by atoms with van der Waals surface area (Å²) in [5.41, 5.74) is 1.34. The summed E-state index contributed by atoms with van der Waals surface area (Å²) in [4.78, 5) is 34.3. The van der Waals surface area contributed by atoms with Gasteiger partial charge in [-0.05, 0) is 12.1 Å². The van der Waals surface area contributed by atoms with Crippen molar-refractivity contribution in [2.75, 3.05) is 0 Å². The van der Waals surface area contributed by atoms with E-state index in [1.54, 1.807) is 29.8 Å². The molecule has 3 heterocycles. The van der Waals surface area contributed by atoms with Crippen molar-refractivity contribution in [3.63, 3.8) is 0 Å². The topological polar surface area (TPSA) is 83.4 Å². The minimum absolute atomic E-state index is 0.286. The van der Waals surface area contributed by atoms with Crippen LogP contribution in [0.5, 0.6) is 0 Å². The Kier molecular flexibility index (Phi) is 4.32. The summed E-state index contributed by atoms with van der Waals surface area (Å²) < 4.78 is 4.09. The van der Waals surface area contributed by atoms with Crippen molar-refractivity contribution in [3.05, 3.63) is 61.0 Å². The van der Waals surface area contributed by atoms with Crippen LogP contribution in [0.15, 0.2) is 39.3 Å². The number of imidazole rings is 1. The van der Waals surface area contributed by atoms with Gasteiger partial charge < -0.3 is 9.40 Å². The average molecular weight is 408 g/mol. The maximum Gasteiger partial charge on any atom is 0.332 e. The molecule has 4 rings (SSSR count). The number of aryl methyl sites for hydroxylation is 1. The molecule has 1 atom stereocenters. The van der Waals surface area contributed by atoms with E-state index < -0.39 is 11.2 Å². The molecule has 0 aliphatic carbocycles. The van der Waals surface area contributed by atoms with Gasteiger partial charge in [-0.2, -0.15) is 0 Å². The van der Waals surface area contributed by atoms with Crippen LogP contribution in [-0.2, 0) is 25.5 Å². The van der Waals surface area contributed by atoms with Crippen LogP contribution < -0.4 is 11.2 Å². The maximum atomic E-state index is 12.5. The van der Waals surface area contributed by atoms with Crippen LogP contribution >= 0.6 is 23.2 Å². The molecule has 1 aliphatic heterocycles. The molecule has 1 aliphatic rings. The zero-order valence-corrected chi connectivity index (χ0v) is 16.0. The normalized spacial score (nSPS) is 16.6. The third kappa shape index (κ3) is 2.94. The van der Waals surface area contributed by atoms with Gasteiger partial charge in [0.25, 0.3) is 5.56 Å². The van der Waals surface area contributed by atoms with E-state index in [1.165, 1.54) is 17.9 Å². The molecule has 0 saturated heterocycles. The van der Waals surface area contributed by atoms with Crippen LogP contribution in [0, 0.1) is 0 Å². The van der Waals surface area contributed by atoms with E-state index >= 15 is 0 Å². The molecule has 0 spiro atoms. The van der Waals surface area contributed by atoms with Gasteiger partial charge in [-0.1, -0.05) is 34.4 Å². The number of oxime groups is 1. The van der Waals surface area contributed by atoms with Gasteiger partial charge >= 0.3 is 5.69 Å². The fourth-order valence-electron chi connectivity index (χ4n) is 3.16. The van der Waals surface area contributed by atoms with Gasteiger partial charge in [-0.25, -0.2) is 9.78 Å². The lowest BCUT2D eigenvalue weighted by Crippen LogP contribution is -2.37. The van der Waals surface area contributed by atoms with Gasteiger partial charge in [-0.3, -0.25) is 13.9 Å². The molecule has 0 amide bonds. The number of benzene rings is 1. The summed E-state index contributed by atoms with van der Waals surface area (Å²) >= 11 is 12.2. The maximum absolute atomic E-state index is 12.5. The summed E-state index contributed by atoms with van der Waals surface area (Å²) in [6.07, 6.45) is 1.76. The molecule has 0 radical (unpaired) electrons. The Labute approximate surface area is 163 Å². The van der Waals surface area contributed by atoms with E-state index in [0.717, 1.165) is 10.1 Å². The van der Waals surface area contributed by atoms with Gasteiger partial charge in [-0.15, -0.1) is 0 Å². The Balaban J connectivity index is 1.62. The molecule has 2 aromatic heterocycles. The lowest BCUT2D eigenvalue weighted by Gasteiger charge is -2.10. The standard InChI is InChI=1S/C17H15Cl2N5O3/c1-22-15-14(16(25)23(2)17(22)26)24(8-20-15)7-10-6-13(21-27-10)11-4-3-9(18)5-12(11)19/h3-5,8,10H,6-7H2,1-2H3. The summed E-state index contributed by atoms with van der Waals surface area (Å²) in [6, 6.07) is 5.20. The Morgan fingerprint density at radius 1 is 1.22 bits per heavy atom. The van der Waals surface area contributed by atoms with Crippen molar-refractivity contribution in [2.24, 2.45) is 19.3 Å². The SMILES string of the molecule is Cn1c(=O)c2c(ncn2CC2CC(c3ccc(Cl)cc3Cl)=NO2)n(C)c1=O. The van der Waals surface area contributed by atoms with Crippen LogP contribution in [0.4, 0.5) is 0 Å². The molecule has 27 heavy (non-hydrogen) atoms. The predicted molar refractivity (Wildman–Crippen MR) is 103 cm³/mol. The first-order valence-electron chi connectivity index (χ1n) is 8.15. The van der Waals surface area contributed by atoms with E-state index in [9.17, 15) is 9.59 Å². The van der Waals surface area contributed by atoms with Gasteiger partial charge in [0.05, 0.1) is 23.6 Å². The molecule has 3 aromatic rings. The second-order valence-corrected chi connectivity index (χ2v) is 7.21. The minimum atomic E-state index is -0.419. The van der Waals surface area contributed by atoms with E-state index in [-0.39, 0.29) is 6.10 Å². The van der Waals surface area contributed by atoms with Crippen molar-refractivity contribution >= 4 is 40.1 Å². The molecular weight excluding hydrogens is 393 g/mol. The third-order valence-corrected chi connectivity index (χ3v) is 5.14. The molecule has 0 saturated carbocycles. The molecule has 0 N–H and O–H groups in total. The molecule has 0 bridgehead atoms. The van der Waals surface area contributed by atoms with E-state index in [2.05, 4.69) is 10.1 Å². The van der Waals surface area contributed by atoms with Gasteiger partial charge in [0.2, 0.25) is 0 Å². The highest BCUT2D eigenvalue weighted by Crippen LogP contribution is 2.26. The van der Waals surface area contributed by atoms with Crippen LogP contribution in [0.25, 0.3) is 11.2 Å². The smallest absolute Gasteiger partial charge is 0.332 e. The minimum Gasteiger partial charge on any atom is -0.390 e. The summed E-state index contributed by atoms with van der Waals surface area (Å²) in [7, 11) is 3.02. The zero-order valence-electron chi connectivity index (χ0n) is 14.5. The number of aromatic nitrogens is 4. The van der Waals surface area contributed by atoms with Gasteiger partial charge in [0, 0.05) is 31.1 Å². The number of fused-ring (bicyclic) bond motifs is 1. The Hall–Kier alpha value is -2.58. The van der Waals surface area contributed by atoms with Crippen LogP contribution in [0.1, 0.15) is 12.0 Å². The molecule has 1 unspecified atom stereocenters. The number of hydrogen-bond acceptors (Lipinski definition) is 5. The first kappa shape index (κ1) is 17.8. The van der Waals surface area contributed by atoms with Crippen molar-refractivity contribution in [2.45, 2.75) is 19.1 Å². The number of halogens is 2. The van der Waals surface area contributed by atoms with E-state index in [1.807, 2.05) is 0 Å². The predicted octanol–water partition coefficient (Wildman–Crippen LogP) is 1.93. The Morgan fingerprint density at radius 2 is 2.00 bits per heavy atom. The van der Waals surface area contributed by atoms with Gasteiger partial charge in [0.15, 0.2) is 17.3 Å². The van der Waals surface area contributed by atoms with Gasteiger partial charge in [0.1, 0.15) is 0 Å². The first-order chi connectivity index (χ1) is 12.9. The number of rotatable bonds is 3. The summed E-state index contributed by atoms with van der Waals surface area (Å²) in [5.74, 6) is 0. The average Bonchev–Trinajstić information content (AvgIpc) is 3.26. The fraction of sp³-hybridized carbons (Fsp3) is 0.294. The highest BCUT2D eigenvalue weighted by molar-refractivity contribution is 6.37. The third-order valence-electron chi connectivity index (χ3n) is 4.59. The summed E-state index contributed by atoms with van der Waals surface area (Å²) in [5, 5.41) is 5.18. The second kappa shape index (κ2) is 6.54. The monoisotopic (exact) mass is 407 g/mol. The van der Waals surface area contributed by atoms with Crippen LogP contribution in [0.3, 0.4) is 0 Å². The van der Waals surface area contributed by atoms with Crippen molar-refractivity contribution in [1.82, 2.24) is 18.7 Å². The number of hydrogen-bond donors (Lipinski definition) is 0. The lowest BCUT2D eigenvalue weighted by atomic mass is 10.0. The lowest BCUT2D eigenvalue weighted by molar-refractivity contribution is 0.0733.